The van der Waals surface area contributed by atoms with Gasteiger partial charge >= 0.3 is 0 Å². The summed E-state index contributed by atoms with van der Waals surface area (Å²) in [4.78, 5) is 27.0. The smallest absolute Gasteiger partial charge is 0.295 e. The Bertz CT molecular complexity index is 1010. The molecule has 31 heavy (non-hydrogen) atoms. The lowest BCUT2D eigenvalue weighted by molar-refractivity contribution is -0.139. The van der Waals surface area contributed by atoms with E-state index in [0.29, 0.717) is 18.7 Å². The number of ether oxygens (including phenoxy) is 1. The largest absolute Gasteiger partial charge is 0.507 e. The zero-order valence-corrected chi connectivity index (χ0v) is 16.8. The van der Waals surface area contributed by atoms with Crippen LogP contribution in [0.5, 0.6) is 11.5 Å². The molecule has 2 aromatic rings. The third kappa shape index (κ3) is 4.52. The third-order valence-electron chi connectivity index (χ3n) is 5.00. The van der Waals surface area contributed by atoms with Crippen LogP contribution in [0.15, 0.2) is 48.0 Å². The van der Waals surface area contributed by atoms with Crippen LogP contribution in [-0.4, -0.2) is 65.3 Å². The first kappa shape index (κ1) is 22.3. The Labute approximate surface area is 178 Å². The van der Waals surface area contributed by atoms with Gasteiger partial charge in [-0.15, -0.1) is 0 Å². The van der Waals surface area contributed by atoms with Crippen LogP contribution >= 0.6 is 0 Å². The number of halogens is 1. The molecule has 0 radical (unpaired) electrons. The molecule has 1 atom stereocenters. The van der Waals surface area contributed by atoms with Crippen molar-refractivity contribution >= 4 is 17.4 Å². The highest BCUT2D eigenvalue weighted by atomic mass is 19.1. The number of benzene rings is 2. The molecule has 1 saturated heterocycles. The Morgan fingerprint density at radius 3 is 2.52 bits per heavy atom. The predicted octanol–water partition coefficient (Wildman–Crippen LogP) is 1.54. The van der Waals surface area contributed by atoms with E-state index in [9.17, 15) is 24.2 Å². The minimum absolute atomic E-state index is 0.0814. The Balaban J connectivity index is 2.10. The molecule has 1 heterocycles. The van der Waals surface area contributed by atoms with E-state index >= 15 is 0 Å². The summed E-state index contributed by atoms with van der Waals surface area (Å²) in [7, 11) is 1.37. The molecule has 1 fully saturated rings. The standard InChI is InChI=1S/C22H23FN2O6/c1-31-17-12-14(4-7-16(17)27)19-18(20(28)13-2-5-15(23)6-3-13)21(29)22(30)25(19)10-8-24-9-11-26/h2-7,12,19,24,26-28H,8-11H2,1H3/b20-18-. The van der Waals surface area contributed by atoms with Crippen molar-refractivity contribution in [1.82, 2.24) is 10.2 Å². The number of hydrogen-bond acceptors (Lipinski definition) is 7. The molecule has 1 aliphatic heterocycles. The van der Waals surface area contributed by atoms with Crippen LogP contribution in [0.1, 0.15) is 17.2 Å². The summed E-state index contributed by atoms with van der Waals surface area (Å²) in [6.45, 7) is 0.660. The molecule has 1 amide bonds. The van der Waals surface area contributed by atoms with Gasteiger partial charge in [-0.3, -0.25) is 9.59 Å². The van der Waals surface area contributed by atoms with Crippen LogP contribution in [0, 0.1) is 5.82 Å². The monoisotopic (exact) mass is 430 g/mol. The van der Waals surface area contributed by atoms with E-state index in [0.717, 1.165) is 12.1 Å². The van der Waals surface area contributed by atoms with Crippen molar-refractivity contribution in [1.29, 1.82) is 0 Å². The zero-order chi connectivity index (χ0) is 22.5. The molecule has 0 aliphatic carbocycles. The summed E-state index contributed by atoms with van der Waals surface area (Å²) in [6.07, 6.45) is 0. The first-order valence-corrected chi connectivity index (χ1v) is 9.61. The Morgan fingerprint density at radius 2 is 1.87 bits per heavy atom. The second kappa shape index (κ2) is 9.59. The van der Waals surface area contributed by atoms with Crippen molar-refractivity contribution in [2.45, 2.75) is 6.04 Å². The molecule has 0 aromatic heterocycles. The number of carbonyl (C=O) groups excluding carboxylic acids is 2. The number of hydrogen-bond donors (Lipinski definition) is 4. The van der Waals surface area contributed by atoms with Crippen molar-refractivity contribution in [2.75, 3.05) is 33.4 Å². The van der Waals surface area contributed by atoms with E-state index < -0.39 is 29.3 Å². The maximum absolute atomic E-state index is 13.3. The topological polar surface area (TPSA) is 119 Å². The number of Topliss-reactive ketones (excluding diaryl/α,β-unsaturated/α-hetero) is 1. The second-order valence-corrected chi connectivity index (χ2v) is 6.90. The number of phenols is 1. The molecule has 0 bridgehead atoms. The van der Waals surface area contributed by atoms with Crippen LogP contribution < -0.4 is 10.1 Å². The number of amides is 1. The van der Waals surface area contributed by atoms with Gasteiger partial charge in [-0.2, -0.15) is 0 Å². The van der Waals surface area contributed by atoms with Gasteiger partial charge in [0.05, 0.1) is 25.3 Å². The molecule has 0 saturated carbocycles. The van der Waals surface area contributed by atoms with Crippen LogP contribution in [0.25, 0.3) is 5.76 Å². The number of methoxy groups -OCH3 is 1. The van der Waals surface area contributed by atoms with E-state index in [2.05, 4.69) is 5.32 Å². The molecule has 9 heteroatoms. The highest BCUT2D eigenvalue weighted by molar-refractivity contribution is 6.46. The number of nitrogens with one attached hydrogen (secondary N) is 1. The number of rotatable bonds is 8. The van der Waals surface area contributed by atoms with Gasteiger partial charge in [0.1, 0.15) is 11.6 Å². The first-order valence-electron chi connectivity index (χ1n) is 9.61. The van der Waals surface area contributed by atoms with Gasteiger partial charge in [0.25, 0.3) is 11.7 Å². The maximum atomic E-state index is 13.3. The van der Waals surface area contributed by atoms with E-state index in [1.807, 2.05) is 0 Å². The Hall–Kier alpha value is -3.43. The third-order valence-corrected chi connectivity index (χ3v) is 5.00. The van der Waals surface area contributed by atoms with Crippen molar-refractivity contribution in [3.63, 3.8) is 0 Å². The summed E-state index contributed by atoms with van der Waals surface area (Å²) in [6, 6.07) is 8.35. The van der Waals surface area contributed by atoms with Crippen LogP contribution in [0.2, 0.25) is 0 Å². The number of aliphatic hydroxyl groups excluding tert-OH is 2. The number of aromatic hydroxyl groups is 1. The molecule has 4 N–H and O–H groups in total. The second-order valence-electron chi connectivity index (χ2n) is 6.90. The van der Waals surface area contributed by atoms with E-state index in [4.69, 9.17) is 9.84 Å². The summed E-state index contributed by atoms with van der Waals surface area (Å²) in [5.74, 6) is -2.59. The fourth-order valence-electron chi connectivity index (χ4n) is 3.49. The van der Waals surface area contributed by atoms with Gasteiger partial charge in [0.2, 0.25) is 0 Å². The highest BCUT2D eigenvalue weighted by Gasteiger charge is 2.46. The lowest BCUT2D eigenvalue weighted by atomic mass is 9.95. The average Bonchev–Trinajstić information content (AvgIpc) is 3.02. The van der Waals surface area contributed by atoms with E-state index in [1.54, 1.807) is 0 Å². The molecular formula is C22H23FN2O6. The number of nitrogens with zero attached hydrogens (tertiary/aromatic N) is 1. The fraction of sp³-hybridized carbons (Fsp3) is 0.273. The average molecular weight is 430 g/mol. The van der Waals surface area contributed by atoms with Crippen LogP contribution in [-0.2, 0) is 9.59 Å². The molecule has 1 unspecified atom stereocenters. The van der Waals surface area contributed by atoms with Gasteiger partial charge < -0.3 is 30.3 Å². The van der Waals surface area contributed by atoms with Gasteiger partial charge in [-0.1, -0.05) is 6.07 Å². The minimum Gasteiger partial charge on any atom is -0.507 e. The molecular weight excluding hydrogens is 407 g/mol. The quantitative estimate of drug-likeness (QED) is 0.217. The van der Waals surface area contributed by atoms with Crippen molar-refractivity contribution in [3.05, 3.63) is 65.0 Å². The summed E-state index contributed by atoms with van der Waals surface area (Å²) >= 11 is 0. The molecule has 3 rings (SSSR count). The number of aliphatic hydroxyl groups is 2. The normalized spacial score (nSPS) is 17.9. The molecule has 164 valence electrons. The van der Waals surface area contributed by atoms with E-state index in [1.165, 1.54) is 42.3 Å². The van der Waals surface area contributed by atoms with Gasteiger partial charge in [0, 0.05) is 25.2 Å². The lowest BCUT2D eigenvalue weighted by Gasteiger charge is -2.26. The van der Waals surface area contributed by atoms with E-state index in [-0.39, 0.29) is 35.8 Å². The SMILES string of the molecule is COc1cc(C2/C(=C(/O)c3ccc(F)cc3)C(=O)C(=O)N2CCNCCO)ccc1O. The van der Waals surface area contributed by atoms with Gasteiger partial charge in [-0.25, -0.2) is 4.39 Å². The zero-order valence-electron chi connectivity index (χ0n) is 16.8. The summed E-state index contributed by atoms with van der Waals surface area (Å²) < 4.78 is 18.4. The molecule has 0 spiro atoms. The Morgan fingerprint density at radius 1 is 1.16 bits per heavy atom. The van der Waals surface area contributed by atoms with Gasteiger partial charge in [0.15, 0.2) is 11.5 Å². The Kier molecular flexibility index (Phi) is 6.88. The predicted molar refractivity (Wildman–Crippen MR) is 110 cm³/mol. The lowest BCUT2D eigenvalue weighted by Crippen LogP contribution is -2.36. The van der Waals surface area contributed by atoms with Crippen molar-refractivity contribution in [2.24, 2.45) is 0 Å². The molecule has 1 aliphatic rings. The number of phenolic OH excluding ortho intramolecular Hbond substituents is 1. The number of carbonyl (C=O) groups is 2. The first-order chi connectivity index (χ1) is 14.9. The van der Waals surface area contributed by atoms with Crippen LogP contribution in [0.3, 0.4) is 0 Å². The van der Waals surface area contributed by atoms with Crippen molar-refractivity contribution < 1.29 is 34.0 Å². The van der Waals surface area contributed by atoms with Gasteiger partial charge in [-0.05, 0) is 42.0 Å². The number of likely N-dealkylation sites (tertiary alicyclic amines) is 1. The highest BCUT2D eigenvalue weighted by Crippen LogP contribution is 2.41. The summed E-state index contributed by atoms with van der Waals surface area (Å²) in [5, 5.41) is 32.7. The number of ketones is 1. The van der Waals surface area contributed by atoms with Crippen LogP contribution in [0.4, 0.5) is 4.39 Å². The fourth-order valence-corrected chi connectivity index (χ4v) is 3.49. The molecule has 2 aromatic carbocycles. The molecule has 8 nitrogen and oxygen atoms in total. The minimum atomic E-state index is -0.949. The van der Waals surface area contributed by atoms with Crippen molar-refractivity contribution in [3.8, 4) is 11.5 Å². The summed E-state index contributed by atoms with van der Waals surface area (Å²) in [5.41, 5.74) is 0.486. The maximum Gasteiger partial charge on any atom is 0.295 e.